The number of imidazole rings is 1. The molecule has 0 spiro atoms. The summed E-state index contributed by atoms with van der Waals surface area (Å²) in [6, 6.07) is 4.30. The van der Waals surface area contributed by atoms with E-state index in [1.54, 1.807) is 0 Å². The van der Waals surface area contributed by atoms with Crippen LogP contribution in [0.25, 0.3) is 5.65 Å². The highest BCUT2D eigenvalue weighted by Gasteiger charge is 2.21. The van der Waals surface area contributed by atoms with E-state index in [4.69, 9.17) is 0 Å². The Labute approximate surface area is 112 Å². The lowest BCUT2D eigenvalue weighted by Gasteiger charge is -2.12. The monoisotopic (exact) mass is 257 g/mol. The first kappa shape index (κ1) is 12.2. The van der Waals surface area contributed by atoms with E-state index in [9.17, 15) is 4.79 Å². The number of aryl methyl sites for hydroxylation is 2. The number of carbonyl (C=O) groups excluding carboxylic acids is 1. The predicted molar refractivity (Wildman–Crippen MR) is 74.4 cm³/mol. The zero-order chi connectivity index (χ0) is 13.4. The molecule has 1 fully saturated rings. The maximum atomic E-state index is 12.4. The van der Waals surface area contributed by atoms with Gasteiger partial charge in [-0.05, 0) is 38.3 Å². The van der Waals surface area contributed by atoms with Gasteiger partial charge in [-0.1, -0.05) is 18.9 Å². The van der Waals surface area contributed by atoms with Crippen LogP contribution in [-0.4, -0.2) is 21.3 Å². The van der Waals surface area contributed by atoms with Crippen molar-refractivity contribution in [2.24, 2.45) is 0 Å². The minimum atomic E-state index is 0.00231. The Balaban J connectivity index is 1.96. The summed E-state index contributed by atoms with van der Waals surface area (Å²) in [5, 5.41) is 3.13. The smallest absolute Gasteiger partial charge is 0.270 e. The molecule has 0 aromatic carbocycles. The molecular weight excluding hydrogens is 238 g/mol. The zero-order valence-corrected chi connectivity index (χ0v) is 11.4. The second-order valence-electron chi connectivity index (χ2n) is 5.44. The number of pyridine rings is 1. The number of fused-ring (bicyclic) bond motifs is 1. The van der Waals surface area contributed by atoms with Gasteiger partial charge in [0, 0.05) is 12.2 Å². The second kappa shape index (κ2) is 4.68. The molecule has 0 unspecified atom stereocenters. The normalized spacial score (nSPS) is 16.1. The van der Waals surface area contributed by atoms with Crippen LogP contribution in [0.4, 0.5) is 0 Å². The summed E-state index contributed by atoms with van der Waals surface area (Å²) in [5.74, 6) is 0.00231. The second-order valence-corrected chi connectivity index (χ2v) is 5.44. The molecule has 0 radical (unpaired) electrons. The van der Waals surface area contributed by atoms with Crippen molar-refractivity contribution in [3.63, 3.8) is 0 Å². The first-order chi connectivity index (χ1) is 9.15. The van der Waals surface area contributed by atoms with E-state index < -0.39 is 0 Å². The maximum Gasteiger partial charge on any atom is 0.270 e. The highest BCUT2D eigenvalue weighted by molar-refractivity contribution is 5.94. The van der Waals surface area contributed by atoms with Gasteiger partial charge in [0.2, 0.25) is 0 Å². The quantitative estimate of drug-likeness (QED) is 0.899. The first-order valence-electron chi connectivity index (χ1n) is 6.91. The van der Waals surface area contributed by atoms with E-state index in [2.05, 4.69) is 10.3 Å². The Morgan fingerprint density at radius 2 is 2.05 bits per heavy atom. The third-order valence-electron chi connectivity index (χ3n) is 3.85. The molecule has 0 bridgehead atoms. The Morgan fingerprint density at radius 3 is 2.79 bits per heavy atom. The number of carbonyl (C=O) groups is 1. The lowest BCUT2D eigenvalue weighted by Crippen LogP contribution is -2.33. The van der Waals surface area contributed by atoms with Crippen molar-refractivity contribution in [3.05, 3.63) is 35.3 Å². The van der Waals surface area contributed by atoms with Crippen molar-refractivity contribution in [3.8, 4) is 0 Å². The molecule has 0 saturated heterocycles. The van der Waals surface area contributed by atoms with Crippen molar-refractivity contribution in [2.45, 2.75) is 45.6 Å². The standard InChI is InChI=1S/C15H19N3O/c1-10-7-8-13-16-11(2)14(18(13)9-10)15(19)17-12-5-3-4-6-12/h7-9,12H,3-6H2,1-2H3,(H,17,19). The Morgan fingerprint density at radius 1 is 1.32 bits per heavy atom. The molecule has 2 heterocycles. The predicted octanol–water partition coefficient (Wildman–Crippen LogP) is 2.62. The van der Waals surface area contributed by atoms with Crippen LogP contribution >= 0.6 is 0 Å². The summed E-state index contributed by atoms with van der Waals surface area (Å²) in [7, 11) is 0. The van der Waals surface area contributed by atoms with Gasteiger partial charge < -0.3 is 5.32 Å². The summed E-state index contributed by atoms with van der Waals surface area (Å²) in [6.45, 7) is 3.92. The molecule has 3 rings (SSSR count). The lowest BCUT2D eigenvalue weighted by molar-refractivity contribution is 0.0931. The molecule has 2 aromatic heterocycles. The number of hydrogen-bond donors (Lipinski definition) is 1. The number of hydrogen-bond acceptors (Lipinski definition) is 2. The highest BCUT2D eigenvalue weighted by atomic mass is 16.2. The fourth-order valence-electron chi connectivity index (χ4n) is 2.87. The average molecular weight is 257 g/mol. The molecule has 1 saturated carbocycles. The van der Waals surface area contributed by atoms with E-state index in [0.717, 1.165) is 29.7 Å². The van der Waals surface area contributed by atoms with Crippen LogP contribution in [0.15, 0.2) is 18.3 Å². The number of nitrogens with one attached hydrogen (secondary N) is 1. The van der Waals surface area contributed by atoms with E-state index in [1.165, 1.54) is 12.8 Å². The van der Waals surface area contributed by atoms with E-state index in [0.29, 0.717) is 11.7 Å². The molecule has 1 amide bonds. The fraction of sp³-hybridized carbons (Fsp3) is 0.467. The average Bonchev–Trinajstić information content (AvgIpc) is 2.95. The summed E-state index contributed by atoms with van der Waals surface area (Å²) >= 11 is 0. The van der Waals surface area contributed by atoms with Gasteiger partial charge in [0.1, 0.15) is 11.3 Å². The van der Waals surface area contributed by atoms with Gasteiger partial charge in [0.25, 0.3) is 5.91 Å². The molecule has 19 heavy (non-hydrogen) atoms. The van der Waals surface area contributed by atoms with Gasteiger partial charge in [-0.3, -0.25) is 9.20 Å². The Hall–Kier alpha value is -1.84. The highest BCUT2D eigenvalue weighted by Crippen LogP contribution is 2.19. The number of amides is 1. The number of aromatic nitrogens is 2. The van der Waals surface area contributed by atoms with Crippen molar-refractivity contribution in [1.29, 1.82) is 0 Å². The third-order valence-corrected chi connectivity index (χ3v) is 3.85. The Kier molecular flexibility index (Phi) is 3.01. The fourth-order valence-corrected chi connectivity index (χ4v) is 2.87. The van der Waals surface area contributed by atoms with Crippen LogP contribution in [0.3, 0.4) is 0 Å². The van der Waals surface area contributed by atoms with Crippen molar-refractivity contribution in [2.75, 3.05) is 0 Å². The summed E-state index contributed by atoms with van der Waals surface area (Å²) in [5.41, 5.74) is 3.42. The SMILES string of the molecule is Cc1ccc2nc(C)c(C(=O)NC3CCCC3)n2c1. The Bertz CT molecular complexity index is 624. The van der Waals surface area contributed by atoms with Crippen LogP contribution < -0.4 is 5.32 Å². The van der Waals surface area contributed by atoms with Gasteiger partial charge in [0.05, 0.1) is 5.69 Å². The molecule has 0 aliphatic heterocycles. The molecule has 0 atom stereocenters. The van der Waals surface area contributed by atoms with Crippen LogP contribution in [-0.2, 0) is 0 Å². The van der Waals surface area contributed by atoms with Gasteiger partial charge in [-0.2, -0.15) is 0 Å². The van der Waals surface area contributed by atoms with Crippen LogP contribution in [0, 0.1) is 13.8 Å². The summed E-state index contributed by atoms with van der Waals surface area (Å²) in [6.07, 6.45) is 6.60. The molecule has 100 valence electrons. The first-order valence-corrected chi connectivity index (χ1v) is 6.91. The largest absolute Gasteiger partial charge is 0.348 e. The molecule has 2 aromatic rings. The van der Waals surface area contributed by atoms with Crippen LogP contribution in [0.2, 0.25) is 0 Å². The van der Waals surface area contributed by atoms with Crippen LogP contribution in [0.5, 0.6) is 0 Å². The molecule has 4 heteroatoms. The zero-order valence-electron chi connectivity index (χ0n) is 11.4. The topological polar surface area (TPSA) is 46.4 Å². The minimum Gasteiger partial charge on any atom is -0.348 e. The van der Waals surface area contributed by atoms with Crippen molar-refractivity contribution in [1.82, 2.24) is 14.7 Å². The van der Waals surface area contributed by atoms with Gasteiger partial charge >= 0.3 is 0 Å². The molecule has 1 aliphatic rings. The van der Waals surface area contributed by atoms with E-state index >= 15 is 0 Å². The molecule has 1 aliphatic carbocycles. The molecule has 4 nitrogen and oxygen atoms in total. The molecular formula is C15H19N3O. The lowest BCUT2D eigenvalue weighted by atomic mass is 10.2. The number of nitrogens with zero attached hydrogens (tertiary/aromatic N) is 2. The summed E-state index contributed by atoms with van der Waals surface area (Å²) in [4.78, 5) is 16.9. The van der Waals surface area contributed by atoms with Gasteiger partial charge in [-0.25, -0.2) is 4.98 Å². The van der Waals surface area contributed by atoms with Gasteiger partial charge in [0.15, 0.2) is 0 Å². The maximum absolute atomic E-state index is 12.4. The summed E-state index contributed by atoms with van der Waals surface area (Å²) < 4.78 is 1.90. The molecule has 1 N–H and O–H groups in total. The number of rotatable bonds is 2. The van der Waals surface area contributed by atoms with Crippen molar-refractivity contribution >= 4 is 11.6 Å². The van der Waals surface area contributed by atoms with Crippen molar-refractivity contribution < 1.29 is 4.79 Å². The minimum absolute atomic E-state index is 0.00231. The van der Waals surface area contributed by atoms with Crippen LogP contribution in [0.1, 0.15) is 47.4 Å². The van der Waals surface area contributed by atoms with Gasteiger partial charge in [-0.15, -0.1) is 0 Å². The van der Waals surface area contributed by atoms with E-state index in [1.807, 2.05) is 36.6 Å². The third kappa shape index (κ3) is 2.23. The van der Waals surface area contributed by atoms with E-state index in [-0.39, 0.29) is 5.91 Å².